The van der Waals surface area contributed by atoms with Crippen molar-refractivity contribution in [3.05, 3.63) is 0 Å². The Kier molecular flexibility index (Phi) is 5.20. The third-order valence-electron chi connectivity index (χ3n) is 3.65. The van der Waals surface area contributed by atoms with Crippen LogP contribution >= 0.6 is 0 Å². The summed E-state index contributed by atoms with van der Waals surface area (Å²) in [5.41, 5.74) is -0.496. The number of amides is 2. The summed E-state index contributed by atoms with van der Waals surface area (Å²) in [6.07, 6.45) is 3.28. The van der Waals surface area contributed by atoms with E-state index in [0.29, 0.717) is 5.92 Å². The van der Waals surface area contributed by atoms with Gasteiger partial charge in [-0.25, -0.2) is 9.59 Å². The first-order chi connectivity index (χ1) is 8.75. The zero-order valence-corrected chi connectivity index (χ0v) is 12.4. The molecule has 1 unspecified atom stereocenters. The van der Waals surface area contributed by atoms with Crippen molar-refractivity contribution in [1.29, 1.82) is 0 Å². The highest BCUT2D eigenvalue weighted by Crippen LogP contribution is 2.23. The number of hydrogen-bond donors (Lipinski definition) is 2. The fourth-order valence-electron chi connectivity index (χ4n) is 2.52. The Balaban J connectivity index is 2.57. The van der Waals surface area contributed by atoms with Gasteiger partial charge in [-0.3, -0.25) is 0 Å². The Morgan fingerprint density at radius 1 is 1.42 bits per heavy atom. The second kappa shape index (κ2) is 6.26. The van der Waals surface area contributed by atoms with E-state index in [2.05, 4.69) is 12.2 Å². The molecule has 1 heterocycles. The van der Waals surface area contributed by atoms with Gasteiger partial charge in [0, 0.05) is 13.1 Å². The van der Waals surface area contributed by atoms with Crippen molar-refractivity contribution in [3.8, 4) is 0 Å². The van der Waals surface area contributed by atoms with Gasteiger partial charge in [-0.2, -0.15) is 0 Å². The number of carboxylic acids is 1. The molecule has 0 aromatic rings. The van der Waals surface area contributed by atoms with Gasteiger partial charge in [0.2, 0.25) is 0 Å². The van der Waals surface area contributed by atoms with E-state index >= 15 is 0 Å². The highest BCUT2D eigenvalue weighted by atomic mass is 16.4. The van der Waals surface area contributed by atoms with Crippen LogP contribution in [0.3, 0.4) is 0 Å². The van der Waals surface area contributed by atoms with Gasteiger partial charge in [-0.05, 0) is 24.2 Å². The van der Waals surface area contributed by atoms with Gasteiger partial charge in [-0.1, -0.05) is 34.1 Å². The lowest BCUT2D eigenvalue weighted by Crippen LogP contribution is -2.52. The molecule has 0 radical (unpaired) electrons. The first kappa shape index (κ1) is 15.8. The Bertz CT molecular complexity index is 336. The molecule has 1 fully saturated rings. The number of aliphatic carboxylic acids is 1. The molecule has 5 heteroatoms. The number of nitrogens with zero attached hydrogens (tertiary/aromatic N) is 1. The molecule has 19 heavy (non-hydrogen) atoms. The average molecular weight is 270 g/mol. The Morgan fingerprint density at radius 2 is 2.05 bits per heavy atom. The minimum atomic E-state index is -0.981. The fraction of sp³-hybridized carbons (Fsp3) is 0.857. The summed E-state index contributed by atoms with van der Waals surface area (Å²) in [6.45, 7) is 9.06. The minimum Gasteiger partial charge on any atom is -0.480 e. The number of carbonyl (C=O) groups excluding carboxylic acids is 1. The van der Waals surface area contributed by atoms with Crippen LogP contribution in [0.2, 0.25) is 0 Å². The molecule has 1 rings (SSSR count). The van der Waals surface area contributed by atoms with Crippen LogP contribution < -0.4 is 5.32 Å². The van der Waals surface area contributed by atoms with E-state index in [1.54, 1.807) is 4.90 Å². The van der Waals surface area contributed by atoms with E-state index in [1.165, 1.54) is 0 Å². The van der Waals surface area contributed by atoms with Gasteiger partial charge >= 0.3 is 12.0 Å². The fourth-order valence-corrected chi connectivity index (χ4v) is 2.52. The Labute approximate surface area is 115 Å². The summed E-state index contributed by atoms with van der Waals surface area (Å²) in [5, 5.41) is 11.9. The largest absolute Gasteiger partial charge is 0.480 e. The summed E-state index contributed by atoms with van der Waals surface area (Å²) in [5.74, 6) is -0.418. The molecule has 1 aliphatic rings. The summed E-state index contributed by atoms with van der Waals surface area (Å²) < 4.78 is 0. The van der Waals surface area contributed by atoms with Crippen LogP contribution in [0.1, 0.15) is 47.0 Å². The molecule has 0 saturated carbocycles. The van der Waals surface area contributed by atoms with Gasteiger partial charge in [0.05, 0.1) is 0 Å². The maximum Gasteiger partial charge on any atom is 0.326 e. The maximum absolute atomic E-state index is 12.1. The minimum absolute atomic E-state index is 0.249. The van der Waals surface area contributed by atoms with Crippen LogP contribution in [0.15, 0.2) is 0 Å². The molecule has 0 spiro atoms. The lowest BCUT2D eigenvalue weighted by atomic mass is 9.87. The number of hydrogen-bond acceptors (Lipinski definition) is 2. The number of urea groups is 1. The molecule has 5 nitrogen and oxygen atoms in total. The van der Waals surface area contributed by atoms with Gasteiger partial charge < -0.3 is 15.3 Å². The van der Waals surface area contributed by atoms with Gasteiger partial charge in [0.1, 0.15) is 6.04 Å². The summed E-state index contributed by atoms with van der Waals surface area (Å²) >= 11 is 0. The zero-order chi connectivity index (χ0) is 14.6. The van der Waals surface area contributed by atoms with E-state index in [-0.39, 0.29) is 6.03 Å². The zero-order valence-electron chi connectivity index (χ0n) is 12.4. The van der Waals surface area contributed by atoms with Crippen LogP contribution in [0, 0.1) is 11.3 Å². The van der Waals surface area contributed by atoms with Crippen molar-refractivity contribution in [2.75, 3.05) is 13.1 Å². The Morgan fingerprint density at radius 3 is 2.53 bits per heavy atom. The third kappa shape index (κ3) is 4.40. The van der Waals surface area contributed by atoms with Crippen molar-refractivity contribution in [1.82, 2.24) is 10.2 Å². The number of carbonyl (C=O) groups is 2. The van der Waals surface area contributed by atoms with E-state index in [9.17, 15) is 14.7 Å². The molecule has 0 aromatic carbocycles. The first-order valence-electron chi connectivity index (χ1n) is 7.04. The van der Waals surface area contributed by atoms with Crippen molar-refractivity contribution < 1.29 is 14.7 Å². The van der Waals surface area contributed by atoms with E-state index in [1.807, 2.05) is 20.8 Å². The molecular weight excluding hydrogens is 244 g/mol. The third-order valence-corrected chi connectivity index (χ3v) is 3.65. The molecule has 1 aliphatic heterocycles. The number of rotatable bonds is 4. The normalized spacial score (nSPS) is 21.3. The number of nitrogens with one attached hydrogen (secondary N) is 1. The highest BCUT2D eigenvalue weighted by Gasteiger charge is 2.35. The molecule has 1 saturated heterocycles. The van der Waals surface area contributed by atoms with Crippen LogP contribution in [-0.4, -0.2) is 41.1 Å². The van der Waals surface area contributed by atoms with Gasteiger partial charge in [-0.15, -0.1) is 0 Å². The van der Waals surface area contributed by atoms with Crippen molar-refractivity contribution in [3.63, 3.8) is 0 Å². The molecule has 2 amide bonds. The monoisotopic (exact) mass is 270 g/mol. The lowest BCUT2D eigenvalue weighted by molar-refractivity contribution is -0.142. The van der Waals surface area contributed by atoms with E-state index < -0.39 is 17.4 Å². The van der Waals surface area contributed by atoms with Crippen molar-refractivity contribution in [2.24, 2.45) is 11.3 Å². The predicted octanol–water partition coefficient (Wildman–Crippen LogP) is 2.32. The molecule has 2 N–H and O–H groups in total. The van der Waals surface area contributed by atoms with Crippen molar-refractivity contribution in [2.45, 2.75) is 53.0 Å². The van der Waals surface area contributed by atoms with Crippen LogP contribution in [0.25, 0.3) is 0 Å². The van der Waals surface area contributed by atoms with E-state index in [4.69, 9.17) is 0 Å². The summed E-state index contributed by atoms with van der Waals surface area (Å²) in [4.78, 5) is 25.1. The van der Waals surface area contributed by atoms with Gasteiger partial charge in [0.15, 0.2) is 0 Å². The van der Waals surface area contributed by atoms with Crippen LogP contribution in [0.4, 0.5) is 4.79 Å². The summed E-state index contributed by atoms with van der Waals surface area (Å²) in [6, 6.07) is -1.11. The molecule has 0 bridgehead atoms. The standard InChI is InChI=1S/C14H26N2O3/c1-5-6-10-7-8-16(9-10)13(19)15-11(12(17)18)14(2,3)4/h10-11H,5-9H2,1-4H3,(H,15,19)(H,17,18)/t10?,11-/m0/s1. The molecular formula is C14H26N2O3. The first-order valence-corrected chi connectivity index (χ1v) is 7.04. The second-order valence-electron chi connectivity index (χ2n) is 6.48. The maximum atomic E-state index is 12.1. The molecule has 0 aliphatic carbocycles. The lowest BCUT2D eigenvalue weighted by Gasteiger charge is -2.29. The average Bonchev–Trinajstić information content (AvgIpc) is 2.72. The smallest absolute Gasteiger partial charge is 0.326 e. The van der Waals surface area contributed by atoms with E-state index in [0.717, 1.165) is 32.4 Å². The number of carboxylic acid groups (broad SMARTS) is 1. The molecule has 0 aromatic heterocycles. The quantitative estimate of drug-likeness (QED) is 0.823. The van der Waals surface area contributed by atoms with Gasteiger partial charge in [0.25, 0.3) is 0 Å². The van der Waals surface area contributed by atoms with Crippen LogP contribution in [0.5, 0.6) is 0 Å². The topological polar surface area (TPSA) is 69.6 Å². The predicted molar refractivity (Wildman–Crippen MR) is 74.0 cm³/mol. The highest BCUT2D eigenvalue weighted by molar-refractivity contribution is 5.83. The van der Waals surface area contributed by atoms with Crippen molar-refractivity contribution >= 4 is 12.0 Å². The number of likely N-dealkylation sites (tertiary alicyclic amines) is 1. The Hall–Kier alpha value is -1.26. The second-order valence-corrected chi connectivity index (χ2v) is 6.48. The molecule has 110 valence electrons. The van der Waals surface area contributed by atoms with Crippen LogP contribution in [-0.2, 0) is 4.79 Å². The summed E-state index contributed by atoms with van der Waals surface area (Å²) in [7, 11) is 0. The SMILES string of the molecule is CCCC1CCN(C(=O)N[C@@H](C(=O)O)C(C)(C)C)C1. The molecule has 2 atom stereocenters.